The van der Waals surface area contributed by atoms with Crippen LogP contribution in [0.5, 0.6) is 0 Å². The lowest BCUT2D eigenvalue weighted by Crippen LogP contribution is -2.44. The molecule has 0 aliphatic carbocycles. The maximum absolute atomic E-state index is 13.0. The van der Waals surface area contributed by atoms with Gasteiger partial charge in [-0.15, -0.1) is 11.3 Å². The van der Waals surface area contributed by atoms with Crippen molar-refractivity contribution in [2.45, 2.75) is 31.8 Å². The third-order valence-electron chi connectivity index (χ3n) is 6.63. The lowest BCUT2D eigenvalue weighted by molar-refractivity contribution is -0.125. The van der Waals surface area contributed by atoms with E-state index in [2.05, 4.69) is 66.9 Å². The van der Waals surface area contributed by atoms with Crippen molar-refractivity contribution in [1.29, 1.82) is 0 Å². The van der Waals surface area contributed by atoms with E-state index in [9.17, 15) is 4.79 Å². The average molecular weight is 448 g/mol. The second kappa shape index (κ2) is 9.79. The van der Waals surface area contributed by atoms with Crippen LogP contribution in [-0.4, -0.2) is 47.0 Å². The Morgan fingerprint density at radius 1 is 1.06 bits per heavy atom. The summed E-state index contributed by atoms with van der Waals surface area (Å²) in [4.78, 5) is 27.9. The van der Waals surface area contributed by atoms with Gasteiger partial charge in [-0.3, -0.25) is 9.69 Å². The first-order valence-corrected chi connectivity index (χ1v) is 12.3. The van der Waals surface area contributed by atoms with Crippen molar-refractivity contribution in [3.05, 3.63) is 76.2 Å². The zero-order valence-electron chi connectivity index (χ0n) is 18.2. The number of aromatic nitrogens is 2. The van der Waals surface area contributed by atoms with E-state index in [4.69, 9.17) is 0 Å². The Morgan fingerprint density at radius 3 is 2.62 bits per heavy atom. The van der Waals surface area contributed by atoms with Crippen LogP contribution >= 0.6 is 11.3 Å². The minimum atomic E-state index is 0.0521. The molecule has 3 aromatic rings. The van der Waals surface area contributed by atoms with Gasteiger partial charge in [-0.1, -0.05) is 30.3 Å². The molecule has 1 fully saturated rings. The molecule has 0 bridgehead atoms. The summed E-state index contributed by atoms with van der Waals surface area (Å²) in [6, 6.07) is 14.8. The lowest BCUT2D eigenvalue weighted by Gasteiger charge is -2.36. The van der Waals surface area contributed by atoms with Gasteiger partial charge in [0.05, 0.1) is 6.04 Å². The number of hydrogen-bond donors (Lipinski definition) is 1. The molecule has 4 heterocycles. The molecule has 0 spiro atoms. The molecule has 7 heteroatoms. The Morgan fingerprint density at radius 2 is 1.84 bits per heavy atom. The predicted octanol–water partition coefficient (Wildman–Crippen LogP) is 3.67. The molecule has 5 rings (SSSR count). The Balaban J connectivity index is 1.21. The van der Waals surface area contributed by atoms with Crippen molar-refractivity contribution in [1.82, 2.24) is 20.2 Å². The Bertz CT molecular complexity index is 1020. The summed E-state index contributed by atoms with van der Waals surface area (Å²) < 4.78 is 0. The fourth-order valence-corrected chi connectivity index (χ4v) is 5.70. The van der Waals surface area contributed by atoms with Gasteiger partial charge in [-0.2, -0.15) is 0 Å². The third-order valence-corrected chi connectivity index (χ3v) is 7.66. The maximum Gasteiger partial charge on any atom is 0.225 e. The Hall–Kier alpha value is -2.77. The molecular weight excluding hydrogens is 418 g/mol. The molecule has 1 atom stereocenters. The Labute approximate surface area is 193 Å². The zero-order chi connectivity index (χ0) is 21.8. The normalized spacial score (nSPS) is 18.2. The lowest BCUT2D eigenvalue weighted by atomic mass is 9.95. The zero-order valence-corrected chi connectivity index (χ0v) is 19.0. The van der Waals surface area contributed by atoms with Crippen molar-refractivity contribution < 1.29 is 4.79 Å². The highest BCUT2D eigenvalue weighted by atomic mass is 32.1. The summed E-state index contributed by atoms with van der Waals surface area (Å²) in [6.07, 6.45) is 6.30. The van der Waals surface area contributed by atoms with Crippen molar-refractivity contribution >= 4 is 23.2 Å². The molecule has 0 radical (unpaired) electrons. The summed E-state index contributed by atoms with van der Waals surface area (Å²) in [7, 11) is 0. The standard InChI is InChI=1S/C25H29N5OS/c31-24(20-7-13-29(14-8-20)25-26-11-4-12-27-25)28-17-22(19-5-2-1-3-6-19)30-15-9-23-21(18-30)10-16-32-23/h1-6,10-12,16,20,22H,7-9,13-15,17-18H2,(H,28,31). The highest BCUT2D eigenvalue weighted by molar-refractivity contribution is 7.10. The molecule has 1 aromatic carbocycles. The van der Waals surface area contributed by atoms with Crippen LogP contribution < -0.4 is 10.2 Å². The number of carbonyl (C=O) groups excluding carboxylic acids is 1. The summed E-state index contributed by atoms with van der Waals surface area (Å²) >= 11 is 1.86. The van der Waals surface area contributed by atoms with Crippen LogP contribution in [0.25, 0.3) is 0 Å². The molecule has 6 nitrogen and oxygen atoms in total. The van der Waals surface area contributed by atoms with Crippen LogP contribution in [-0.2, 0) is 17.8 Å². The van der Waals surface area contributed by atoms with Gasteiger partial charge < -0.3 is 10.2 Å². The van der Waals surface area contributed by atoms with E-state index >= 15 is 0 Å². The van der Waals surface area contributed by atoms with Gasteiger partial charge in [0.2, 0.25) is 11.9 Å². The number of hydrogen-bond acceptors (Lipinski definition) is 6. The number of nitrogens with one attached hydrogen (secondary N) is 1. The number of anilines is 1. The van der Waals surface area contributed by atoms with E-state index in [0.29, 0.717) is 6.54 Å². The molecule has 2 aliphatic heterocycles. The molecule has 0 saturated carbocycles. The number of carbonyl (C=O) groups is 1. The van der Waals surface area contributed by atoms with Crippen LogP contribution in [0.15, 0.2) is 60.2 Å². The maximum atomic E-state index is 13.0. The number of piperidine rings is 1. The van der Waals surface area contributed by atoms with Gasteiger partial charge in [0.25, 0.3) is 0 Å². The third kappa shape index (κ3) is 4.69. The SMILES string of the molecule is O=C(NCC(c1ccccc1)N1CCc2sccc2C1)C1CCN(c2ncccn2)CC1. The molecule has 1 unspecified atom stereocenters. The van der Waals surface area contributed by atoms with Crippen molar-refractivity contribution in [3.8, 4) is 0 Å². The number of fused-ring (bicyclic) bond motifs is 1. The number of rotatable bonds is 6. The van der Waals surface area contributed by atoms with Gasteiger partial charge in [-0.25, -0.2) is 9.97 Å². The first kappa shape index (κ1) is 21.1. The van der Waals surface area contributed by atoms with Crippen molar-refractivity contribution in [3.63, 3.8) is 0 Å². The predicted molar refractivity (Wildman–Crippen MR) is 128 cm³/mol. The van der Waals surface area contributed by atoms with E-state index in [1.165, 1.54) is 16.0 Å². The molecule has 1 amide bonds. The summed E-state index contributed by atoms with van der Waals surface area (Å²) in [5.74, 6) is 0.984. The van der Waals surface area contributed by atoms with E-state index in [1.54, 1.807) is 12.4 Å². The van der Waals surface area contributed by atoms with Crippen LogP contribution in [0.1, 0.15) is 34.9 Å². The van der Waals surface area contributed by atoms with Crippen LogP contribution in [0.3, 0.4) is 0 Å². The number of benzene rings is 1. The monoisotopic (exact) mass is 447 g/mol. The molecule has 166 valence electrons. The van der Waals surface area contributed by atoms with Gasteiger partial charge >= 0.3 is 0 Å². The van der Waals surface area contributed by atoms with E-state index in [0.717, 1.165) is 51.4 Å². The smallest absolute Gasteiger partial charge is 0.225 e. The van der Waals surface area contributed by atoms with Gasteiger partial charge in [-0.05, 0) is 47.9 Å². The highest BCUT2D eigenvalue weighted by Crippen LogP contribution is 2.30. The summed E-state index contributed by atoms with van der Waals surface area (Å²) in [6.45, 7) is 4.25. The average Bonchev–Trinajstić information content (AvgIpc) is 3.33. The van der Waals surface area contributed by atoms with E-state index in [1.807, 2.05) is 17.4 Å². The van der Waals surface area contributed by atoms with Crippen molar-refractivity contribution in [2.24, 2.45) is 5.92 Å². The van der Waals surface area contributed by atoms with Crippen molar-refractivity contribution in [2.75, 3.05) is 31.1 Å². The molecule has 2 aromatic heterocycles. The minimum absolute atomic E-state index is 0.0521. The highest BCUT2D eigenvalue weighted by Gasteiger charge is 2.29. The van der Waals surface area contributed by atoms with Gasteiger partial charge in [0, 0.05) is 55.9 Å². The van der Waals surface area contributed by atoms with Gasteiger partial charge in [0.15, 0.2) is 0 Å². The van der Waals surface area contributed by atoms with Crippen LogP contribution in [0.4, 0.5) is 5.95 Å². The Kier molecular flexibility index (Phi) is 6.46. The first-order chi connectivity index (χ1) is 15.8. The quantitative estimate of drug-likeness (QED) is 0.625. The second-order valence-corrected chi connectivity index (χ2v) is 9.57. The van der Waals surface area contributed by atoms with E-state index in [-0.39, 0.29) is 17.9 Å². The minimum Gasteiger partial charge on any atom is -0.354 e. The summed E-state index contributed by atoms with van der Waals surface area (Å²) in [5, 5.41) is 5.49. The molecule has 32 heavy (non-hydrogen) atoms. The fraction of sp³-hybridized carbons (Fsp3) is 0.400. The molecular formula is C25H29N5OS. The largest absolute Gasteiger partial charge is 0.354 e. The van der Waals surface area contributed by atoms with E-state index < -0.39 is 0 Å². The van der Waals surface area contributed by atoms with Gasteiger partial charge in [0.1, 0.15) is 0 Å². The molecule has 1 saturated heterocycles. The van der Waals surface area contributed by atoms with Crippen LogP contribution in [0, 0.1) is 5.92 Å². The summed E-state index contributed by atoms with van der Waals surface area (Å²) in [5.41, 5.74) is 2.70. The fourth-order valence-electron chi connectivity index (χ4n) is 4.81. The first-order valence-electron chi connectivity index (χ1n) is 11.4. The molecule has 2 aliphatic rings. The topological polar surface area (TPSA) is 61.4 Å². The second-order valence-electron chi connectivity index (χ2n) is 8.57. The van der Waals surface area contributed by atoms with Crippen LogP contribution in [0.2, 0.25) is 0 Å². The number of amides is 1. The molecule has 1 N–H and O–H groups in total. The number of thiophene rings is 1. The number of nitrogens with zero attached hydrogens (tertiary/aromatic N) is 4.